The fourth-order valence-electron chi connectivity index (χ4n) is 3.48. The molecule has 1 saturated heterocycles. The Labute approximate surface area is 163 Å². The summed E-state index contributed by atoms with van der Waals surface area (Å²) in [6.07, 6.45) is 6.71. The van der Waals surface area contributed by atoms with Gasteiger partial charge in [-0.3, -0.25) is 0 Å². The number of piperidine rings is 1. The van der Waals surface area contributed by atoms with Gasteiger partial charge in [0.2, 0.25) is 5.95 Å². The number of hydrogen-bond acceptors (Lipinski definition) is 5. The summed E-state index contributed by atoms with van der Waals surface area (Å²) in [6, 6.07) is 10.5. The van der Waals surface area contributed by atoms with Crippen molar-refractivity contribution in [3.63, 3.8) is 0 Å². The summed E-state index contributed by atoms with van der Waals surface area (Å²) in [7, 11) is 0. The van der Waals surface area contributed by atoms with Gasteiger partial charge in [0.05, 0.1) is 16.1 Å². The van der Waals surface area contributed by atoms with E-state index in [4.69, 9.17) is 11.6 Å². The Bertz CT molecular complexity index is 840. The van der Waals surface area contributed by atoms with Crippen LogP contribution in [0.2, 0.25) is 5.02 Å². The Kier molecular flexibility index (Phi) is 5.68. The van der Waals surface area contributed by atoms with Crippen LogP contribution in [-0.4, -0.2) is 29.6 Å². The molecule has 3 heterocycles. The molecular weight excluding hydrogens is 364 g/mol. The second-order valence-corrected chi connectivity index (χ2v) is 8.29. The van der Waals surface area contributed by atoms with Crippen LogP contribution >= 0.6 is 22.9 Å². The van der Waals surface area contributed by atoms with Gasteiger partial charge in [0.25, 0.3) is 0 Å². The van der Waals surface area contributed by atoms with Gasteiger partial charge in [0.15, 0.2) is 0 Å². The summed E-state index contributed by atoms with van der Waals surface area (Å²) in [5.74, 6) is 1.52. The van der Waals surface area contributed by atoms with Crippen LogP contribution in [0.1, 0.15) is 25.7 Å². The van der Waals surface area contributed by atoms with Gasteiger partial charge in [-0.05, 0) is 62.2 Å². The Morgan fingerprint density at radius 2 is 2.08 bits per heavy atom. The fraction of sp³-hybridized carbons (Fsp3) is 0.400. The first-order valence-electron chi connectivity index (χ1n) is 9.26. The number of benzene rings is 1. The van der Waals surface area contributed by atoms with Crippen LogP contribution in [0.5, 0.6) is 0 Å². The molecule has 3 aromatic rings. The molecule has 4 rings (SSSR count). The van der Waals surface area contributed by atoms with Crippen molar-refractivity contribution < 1.29 is 0 Å². The van der Waals surface area contributed by atoms with Crippen LogP contribution in [0.3, 0.4) is 0 Å². The van der Waals surface area contributed by atoms with Gasteiger partial charge < -0.3 is 10.6 Å². The van der Waals surface area contributed by atoms with Crippen molar-refractivity contribution >= 4 is 39.0 Å². The van der Waals surface area contributed by atoms with Gasteiger partial charge in [-0.15, -0.1) is 11.3 Å². The van der Waals surface area contributed by atoms with Crippen LogP contribution in [0.15, 0.2) is 36.5 Å². The predicted molar refractivity (Wildman–Crippen MR) is 111 cm³/mol. The van der Waals surface area contributed by atoms with Crippen LogP contribution < -0.4 is 10.6 Å². The highest BCUT2D eigenvalue weighted by Crippen LogP contribution is 2.35. The molecule has 1 fully saturated rings. The second kappa shape index (κ2) is 8.33. The second-order valence-electron chi connectivity index (χ2n) is 6.80. The Hall–Kier alpha value is -1.69. The van der Waals surface area contributed by atoms with E-state index in [1.807, 2.05) is 0 Å². The predicted octanol–water partition coefficient (Wildman–Crippen LogP) is 5.20. The molecule has 0 radical (unpaired) electrons. The smallest absolute Gasteiger partial charge is 0.223 e. The Morgan fingerprint density at radius 3 is 2.92 bits per heavy atom. The molecule has 0 bridgehead atoms. The SMILES string of the molecule is Clc1cnc(NCCCC2CCNCC2)nc1-c1cc2ccccc2s1. The largest absolute Gasteiger partial charge is 0.354 e. The maximum atomic E-state index is 6.37. The zero-order chi connectivity index (χ0) is 17.8. The highest BCUT2D eigenvalue weighted by Gasteiger charge is 2.13. The first kappa shape index (κ1) is 17.7. The number of thiophene rings is 1. The molecule has 0 spiro atoms. The summed E-state index contributed by atoms with van der Waals surface area (Å²) in [5.41, 5.74) is 0.809. The van der Waals surface area contributed by atoms with Crippen molar-refractivity contribution in [1.82, 2.24) is 15.3 Å². The van der Waals surface area contributed by atoms with E-state index in [9.17, 15) is 0 Å². The fourth-order valence-corrected chi connectivity index (χ4v) is 4.80. The lowest BCUT2D eigenvalue weighted by Gasteiger charge is -2.22. The summed E-state index contributed by atoms with van der Waals surface area (Å²) in [4.78, 5) is 10.1. The minimum Gasteiger partial charge on any atom is -0.354 e. The maximum absolute atomic E-state index is 6.37. The number of aromatic nitrogens is 2. The number of nitrogens with one attached hydrogen (secondary N) is 2. The molecule has 26 heavy (non-hydrogen) atoms. The minimum absolute atomic E-state index is 0.594. The molecule has 6 heteroatoms. The standard InChI is InChI=1S/C20H23ClN4S/c21-16-13-24-20(23-9-3-4-14-7-10-22-11-8-14)25-19(16)18-12-15-5-1-2-6-17(15)26-18/h1-2,5-6,12-14,22H,3-4,7-11H2,(H,23,24,25). The minimum atomic E-state index is 0.594. The third-order valence-electron chi connectivity index (χ3n) is 4.93. The normalized spacial score (nSPS) is 15.4. The molecule has 1 aliphatic rings. The zero-order valence-corrected chi connectivity index (χ0v) is 16.2. The molecule has 0 aliphatic carbocycles. The van der Waals surface area contributed by atoms with E-state index in [-0.39, 0.29) is 0 Å². The van der Waals surface area contributed by atoms with Crippen LogP contribution in [-0.2, 0) is 0 Å². The third-order valence-corrected chi connectivity index (χ3v) is 6.33. The zero-order valence-electron chi connectivity index (χ0n) is 14.7. The van der Waals surface area contributed by atoms with E-state index >= 15 is 0 Å². The van der Waals surface area contributed by atoms with Crippen LogP contribution in [0.4, 0.5) is 5.95 Å². The van der Waals surface area contributed by atoms with Gasteiger partial charge in [-0.1, -0.05) is 29.8 Å². The van der Waals surface area contributed by atoms with Gasteiger partial charge in [0.1, 0.15) is 5.69 Å². The monoisotopic (exact) mass is 386 g/mol. The lowest BCUT2D eigenvalue weighted by atomic mass is 9.93. The molecule has 1 aliphatic heterocycles. The quantitative estimate of drug-likeness (QED) is 0.571. The van der Waals surface area contributed by atoms with Gasteiger partial charge in [-0.2, -0.15) is 0 Å². The van der Waals surface area contributed by atoms with Crippen molar-refractivity contribution in [3.05, 3.63) is 41.6 Å². The molecular formula is C20H23ClN4S. The summed E-state index contributed by atoms with van der Waals surface area (Å²) in [5, 5.41) is 8.60. The van der Waals surface area contributed by atoms with E-state index in [1.54, 1.807) is 17.5 Å². The molecule has 0 atom stereocenters. The highest BCUT2D eigenvalue weighted by atomic mass is 35.5. The summed E-state index contributed by atoms with van der Waals surface area (Å²) >= 11 is 8.08. The molecule has 4 nitrogen and oxygen atoms in total. The third kappa shape index (κ3) is 4.17. The molecule has 2 N–H and O–H groups in total. The highest BCUT2D eigenvalue weighted by molar-refractivity contribution is 7.22. The molecule has 1 aromatic carbocycles. The van der Waals surface area contributed by atoms with Crippen molar-refractivity contribution in [3.8, 4) is 10.6 Å². The van der Waals surface area contributed by atoms with E-state index in [0.717, 1.165) is 42.5 Å². The molecule has 136 valence electrons. The van der Waals surface area contributed by atoms with Crippen molar-refractivity contribution in [2.45, 2.75) is 25.7 Å². The van der Waals surface area contributed by atoms with Gasteiger partial charge in [0, 0.05) is 11.2 Å². The van der Waals surface area contributed by atoms with Crippen LogP contribution in [0.25, 0.3) is 20.7 Å². The van der Waals surface area contributed by atoms with Crippen molar-refractivity contribution in [2.24, 2.45) is 5.92 Å². The van der Waals surface area contributed by atoms with Crippen molar-refractivity contribution in [1.29, 1.82) is 0 Å². The van der Waals surface area contributed by atoms with E-state index in [0.29, 0.717) is 11.0 Å². The number of fused-ring (bicyclic) bond motifs is 1. The molecule has 0 amide bonds. The Morgan fingerprint density at radius 1 is 1.23 bits per heavy atom. The van der Waals surface area contributed by atoms with Gasteiger partial charge in [-0.25, -0.2) is 9.97 Å². The van der Waals surface area contributed by atoms with Crippen LogP contribution in [0, 0.1) is 5.92 Å². The molecule has 0 saturated carbocycles. The maximum Gasteiger partial charge on any atom is 0.223 e. The molecule has 0 unspecified atom stereocenters. The van der Waals surface area contributed by atoms with Crippen molar-refractivity contribution in [2.75, 3.05) is 25.0 Å². The number of halogens is 1. The number of rotatable bonds is 6. The van der Waals surface area contributed by atoms with E-state index < -0.39 is 0 Å². The lowest BCUT2D eigenvalue weighted by molar-refractivity contribution is 0.350. The number of hydrogen-bond donors (Lipinski definition) is 2. The number of anilines is 1. The number of nitrogens with zero attached hydrogens (tertiary/aromatic N) is 2. The molecule has 2 aromatic heterocycles. The topological polar surface area (TPSA) is 49.8 Å². The average Bonchev–Trinajstić information content (AvgIpc) is 3.11. The first-order chi connectivity index (χ1) is 12.8. The lowest BCUT2D eigenvalue weighted by Crippen LogP contribution is -2.27. The first-order valence-corrected chi connectivity index (χ1v) is 10.4. The van der Waals surface area contributed by atoms with E-state index in [2.05, 4.69) is 50.9 Å². The Balaban J connectivity index is 1.41. The average molecular weight is 387 g/mol. The summed E-state index contributed by atoms with van der Waals surface area (Å²) < 4.78 is 1.24. The summed E-state index contributed by atoms with van der Waals surface area (Å²) in [6.45, 7) is 3.23. The van der Waals surface area contributed by atoms with Gasteiger partial charge >= 0.3 is 0 Å². The van der Waals surface area contributed by atoms with E-state index in [1.165, 1.54) is 29.3 Å².